The Hall–Kier alpha value is -0.850. The van der Waals surface area contributed by atoms with Crippen molar-refractivity contribution in [2.45, 2.75) is 24.8 Å². The number of rotatable bonds is 7. The largest absolute Gasteiger partial charge is 0.490 e. The summed E-state index contributed by atoms with van der Waals surface area (Å²) in [4.78, 5) is 48.2. The minimum atomic E-state index is -6.02. The molecule has 6 N–H and O–H groups in total. The Morgan fingerprint density at radius 1 is 1.12 bits per heavy atom. The van der Waals surface area contributed by atoms with Crippen LogP contribution in [0.5, 0.6) is 0 Å². The zero-order valence-electron chi connectivity index (χ0n) is 14.6. The van der Waals surface area contributed by atoms with E-state index in [1.165, 1.54) is 0 Å². The fourth-order valence-corrected chi connectivity index (χ4v) is 5.75. The third-order valence-electron chi connectivity index (χ3n) is 3.46. The summed E-state index contributed by atoms with van der Waals surface area (Å²) in [7, 11) is -17.8. The average Bonchev–Trinajstić information content (AvgIpc) is 2.83. The monoisotopic (exact) mass is 556 g/mol. The van der Waals surface area contributed by atoms with E-state index in [4.69, 9.17) is 14.7 Å². The molecule has 0 aliphatic carbocycles. The molecule has 0 amide bonds. The lowest BCUT2D eigenvalue weighted by Crippen LogP contribution is -2.39. The van der Waals surface area contributed by atoms with E-state index in [0.717, 1.165) is 0 Å². The quantitative estimate of drug-likeness (QED) is 0.155. The van der Waals surface area contributed by atoms with Crippen LogP contribution in [-0.2, 0) is 31.6 Å². The zero-order chi connectivity index (χ0) is 24.9. The van der Waals surface area contributed by atoms with Gasteiger partial charge in [-0.15, -0.1) is 0 Å². The summed E-state index contributed by atoms with van der Waals surface area (Å²) in [5.74, 6) is -4.63. The van der Waals surface area contributed by atoms with Crippen LogP contribution in [0.1, 0.15) is 6.23 Å². The summed E-state index contributed by atoms with van der Waals surface area (Å²) in [6.45, 7) is 0. The molecule has 1 aromatic rings. The molecule has 0 saturated carbocycles. The van der Waals surface area contributed by atoms with Crippen molar-refractivity contribution in [2.24, 2.45) is 5.92 Å². The van der Waals surface area contributed by atoms with Crippen LogP contribution < -0.4 is 5.56 Å². The SMILES string of the molecule is O=c1[nH]c(=S)n([C@@H]2O[C@H](OP(=O)(O)OP(=O)(O)OP(=O)(O)O)[C@H](O)C2C(F)(F)F)cc1F. The van der Waals surface area contributed by atoms with E-state index in [0.29, 0.717) is 0 Å². The first-order valence-corrected chi connectivity index (χ1v) is 12.4. The summed E-state index contributed by atoms with van der Waals surface area (Å²) >= 11 is 4.60. The van der Waals surface area contributed by atoms with Crippen molar-refractivity contribution in [2.75, 3.05) is 0 Å². The van der Waals surface area contributed by atoms with Gasteiger partial charge in [0.25, 0.3) is 5.56 Å². The van der Waals surface area contributed by atoms with Gasteiger partial charge in [-0.05, 0) is 12.2 Å². The molecule has 1 fully saturated rings. The first-order chi connectivity index (χ1) is 14.2. The Balaban J connectivity index is 2.37. The van der Waals surface area contributed by atoms with Crippen LogP contribution in [0.2, 0.25) is 0 Å². The number of nitrogens with zero attached hydrogens (tertiary/aromatic N) is 1. The highest BCUT2D eigenvalue weighted by atomic mass is 32.1. The van der Waals surface area contributed by atoms with Crippen molar-refractivity contribution >= 4 is 35.7 Å². The van der Waals surface area contributed by atoms with E-state index in [2.05, 4.69) is 30.1 Å². The molecule has 15 nitrogen and oxygen atoms in total. The fraction of sp³-hybridized carbons (Fsp3) is 0.556. The van der Waals surface area contributed by atoms with Gasteiger partial charge < -0.3 is 29.4 Å². The topological polar surface area (TPSA) is 227 Å². The third-order valence-corrected chi connectivity index (χ3v) is 7.57. The first-order valence-electron chi connectivity index (χ1n) is 7.46. The molecule has 23 heteroatoms. The molecule has 184 valence electrons. The Labute approximate surface area is 177 Å². The average molecular weight is 556 g/mol. The lowest BCUT2D eigenvalue weighted by atomic mass is 10.0. The number of aromatic nitrogens is 2. The fourth-order valence-electron chi connectivity index (χ4n) is 2.40. The smallest absolute Gasteiger partial charge is 0.387 e. The number of aliphatic hydroxyl groups is 1. The van der Waals surface area contributed by atoms with Gasteiger partial charge in [-0.25, -0.2) is 13.7 Å². The summed E-state index contributed by atoms with van der Waals surface area (Å²) in [6.07, 6.45) is -13.3. The van der Waals surface area contributed by atoms with Crippen LogP contribution in [-0.4, -0.2) is 52.8 Å². The molecule has 1 aliphatic heterocycles. The Kier molecular flexibility index (Phi) is 7.76. The first kappa shape index (κ1) is 27.4. The van der Waals surface area contributed by atoms with E-state index in [1.54, 1.807) is 4.98 Å². The van der Waals surface area contributed by atoms with Crippen molar-refractivity contribution in [3.05, 3.63) is 27.1 Å². The van der Waals surface area contributed by atoms with Gasteiger partial charge in [0.1, 0.15) is 12.0 Å². The number of hydrogen-bond acceptors (Lipinski definition) is 10. The van der Waals surface area contributed by atoms with Gasteiger partial charge in [0.15, 0.2) is 17.3 Å². The highest BCUT2D eigenvalue weighted by Crippen LogP contribution is 2.67. The number of H-pyrrole nitrogens is 1. The molecule has 0 spiro atoms. The third kappa shape index (κ3) is 6.83. The lowest BCUT2D eigenvalue weighted by Gasteiger charge is -2.24. The van der Waals surface area contributed by atoms with Crippen LogP contribution >= 0.6 is 35.7 Å². The summed E-state index contributed by atoms with van der Waals surface area (Å²) in [6, 6.07) is 0. The Bertz CT molecular complexity index is 1130. The summed E-state index contributed by atoms with van der Waals surface area (Å²) in [5.41, 5.74) is -1.40. The second-order valence-electron chi connectivity index (χ2n) is 5.79. The van der Waals surface area contributed by atoms with Crippen LogP contribution in [0.3, 0.4) is 0 Å². The highest BCUT2D eigenvalue weighted by molar-refractivity contribution is 7.71. The van der Waals surface area contributed by atoms with E-state index in [1.807, 2.05) is 0 Å². The van der Waals surface area contributed by atoms with E-state index < -0.39 is 70.3 Å². The number of alkyl halides is 3. The van der Waals surface area contributed by atoms with Crippen molar-refractivity contribution in [1.29, 1.82) is 0 Å². The van der Waals surface area contributed by atoms with Gasteiger partial charge in [-0.2, -0.15) is 26.2 Å². The maximum Gasteiger partial charge on any atom is 0.490 e. The number of phosphoric ester groups is 1. The molecule has 2 heterocycles. The molecule has 0 aromatic carbocycles. The maximum absolute atomic E-state index is 13.5. The molecule has 1 aromatic heterocycles. The van der Waals surface area contributed by atoms with Crippen molar-refractivity contribution in [3.8, 4) is 0 Å². The second kappa shape index (κ2) is 9.07. The minimum absolute atomic E-state index is 0.185. The predicted molar refractivity (Wildman–Crippen MR) is 90.3 cm³/mol. The van der Waals surface area contributed by atoms with Gasteiger partial charge in [0.2, 0.25) is 5.82 Å². The molecule has 2 rings (SSSR count). The normalized spacial score (nSPS) is 28.3. The standard InChI is InChI=1S/C9H11F4N2O13P3S/c10-2-1-15(8(32)14-5(2)17)6-3(9(11,12)13)4(16)7(25-6)26-30(21,22)28-31(23,24)27-29(18,19)20/h1,3-4,6-7,16H,(H,21,22)(H,23,24)(H,14,17,32)(H2,18,19,20)/t3?,4-,6-,7-/m1/s1. The summed E-state index contributed by atoms with van der Waals surface area (Å²) in [5, 5.41) is 9.92. The number of hydrogen-bond donors (Lipinski definition) is 6. The second-order valence-corrected chi connectivity index (χ2v) is 10.6. The Morgan fingerprint density at radius 3 is 2.19 bits per heavy atom. The number of aliphatic hydroxyl groups excluding tert-OH is 1. The number of ether oxygens (including phenoxy) is 1. The van der Waals surface area contributed by atoms with E-state index in [9.17, 15) is 46.1 Å². The van der Waals surface area contributed by atoms with Crippen LogP contribution in [0.25, 0.3) is 0 Å². The molecule has 32 heavy (non-hydrogen) atoms. The number of nitrogens with one attached hydrogen (secondary N) is 1. The minimum Gasteiger partial charge on any atom is -0.387 e. The van der Waals surface area contributed by atoms with Crippen LogP contribution in [0.15, 0.2) is 11.0 Å². The van der Waals surface area contributed by atoms with Gasteiger partial charge in [0.05, 0.1) is 6.20 Å². The molecule has 1 saturated heterocycles. The van der Waals surface area contributed by atoms with Crippen LogP contribution in [0, 0.1) is 16.5 Å². The lowest BCUT2D eigenvalue weighted by molar-refractivity contribution is -0.211. The van der Waals surface area contributed by atoms with Crippen LogP contribution in [0.4, 0.5) is 17.6 Å². The molecule has 1 aliphatic rings. The predicted octanol–water partition coefficient (Wildman–Crippen LogP) is 0.783. The Morgan fingerprint density at radius 2 is 1.69 bits per heavy atom. The summed E-state index contributed by atoms with van der Waals surface area (Å²) < 4.78 is 103. The number of halogens is 4. The molecule has 3 unspecified atom stereocenters. The number of phosphoric acid groups is 3. The maximum atomic E-state index is 13.5. The highest BCUT2D eigenvalue weighted by Gasteiger charge is 2.60. The van der Waals surface area contributed by atoms with Crippen molar-refractivity contribution in [3.63, 3.8) is 0 Å². The molecular formula is C9H11F4N2O13P3S. The van der Waals surface area contributed by atoms with Gasteiger partial charge >= 0.3 is 29.6 Å². The van der Waals surface area contributed by atoms with Gasteiger partial charge in [-0.1, -0.05) is 0 Å². The van der Waals surface area contributed by atoms with Crippen molar-refractivity contribution in [1.82, 2.24) is 9.55 Å². The molecule has 6 atom stereocenters. The number of aromatic amines is 1. The van der Waals surface area contributed by atoms with Crippen molar-refractivity contribution < 1.29 is 73.8 Å². The van der Waals surface area contributed by atoms with E-state index in [-0.39, 0.29) is 10.8 Å². The van der Waals surface area contributed by atoms with Gasteiger partial charge in [-0.3, -0.25) is 18.9 Å². The van der Waals surface area contributed by atoms with E-state index >= 15 is 0 Å². The zero-order valence-corrected chi connectivity index (χ0v) is 18.1. The molecule has 0 radical (unpaired) electrons. The molecule has 0 bridgehead atoms. The molecular weight excluding hydrogens is 545 g/mol. The van der Waals surface area contributed by atoms with Gasteiger partial charge in [0, 0.05) is 0 Å².